The van der Waals surface area contributed by atoms with Crippen LogP contribution in [0.1, 0.15) is 12.0 Å². The lowest BCUT2D eigenvalue weighted by Crippen LogP contribution is -1.73. The lowest BCUT2D eigenvalue weighted by molar-refractivity contribution is -0.104. The van der Waals surface area contributed by atoms with Crippen molar-refractivity contribution in [3.63, 3.8) is 0 Å². The highest BCUT2D eigenvalue weighted by Gasteiger charge is 1.85. The lowest BCUT2D eigenvalue weighted by Gasteiger charge is -1.94. The highest BCUT2D eigenvalue weighted by molar-refractivity contribution is 5.65. The van der Waals surface area contributed by atoms with Crippen LogP contribution in [0.15, 0.2) is 72.9 Å². The SMILES string of the molecule is C=C(/C=C/c1ccccc1)C/C=C/C=C\C=O. The van der Waals surface area contributed by atoms with Gasteiger partial charge in [-0.15, -0.1) is 0 Å². The fraction of sp³-hybridized carbons (Fsp3) is 0.0625. The van der Waals surface area contributed by atoms with Crippen molar-refractivity contribution < 1.29 is 4.79 Å². The number of hydrogen-bond acceptors (Lipinski definition) is 1. The number of hydrogen-bond donors (Lipinski definition) is 0. The zero-order valence-corrected chi connectivity index (χ0v) is 9.75. The van der Waals surface area contributed by atoms with Crippen LogP contribution in [0.2, 0.25) is 0 Å². The predicted molar refractivity (Wildman–Crippen MR) is 73.6 cm³/mol. The normalized spacial score (nSPS) is 11.5. The molecular formula is C16H16O. The Morgan fingerprint density at radius 2 is 1.88 bits per heavy atom. The van der Waals surface area contributed by atoms with Gasteiger partial charge >= 0.3 is 0 Å². The Morgan fingerprint density at radius 1 is 1.12 bits per heavy atom. The van der Waals surface area contributed by atoms with Gasteiger partial charge in [-0.1, -0.05) is 72.9 Å². The average Bonchev–Trinajstić information content (AvgIpc) is 2.37. The molecule has 0 heterocycles. The van der Waals surface area contributed by atoms with E-state index in [2.05, 4.69) is 6.58 Å². The van der Waals surface area contributed by atoms with Crippen molar-refractivity contribution in [2.24, 2.45) is 0 Å². The summed E-state index contributed by atoms with van der Waals surface area (Å²) in [5.41, 5.74) is 2.20. The average molecular weight is 224 g/mol. The first-order valence-electron chi connectivity index (χ1n) is 5.51. The molecule has 1 rings (SSSR count). The summed E-state index contributed by atoms with van der Waals surface area (Å²) in [5, 5.41) is 0. The first-order chi connectivity index (χ1) is 8.33. The Kier molecular flexibility index (Phi) is 6.12. The van der Waals surface area contributed by atoms with Crippen LogP contribution in [0.5, 0.6) is 0 Å². The summed E-state index contributed by atoms with van der Waals surface area (Å²) in [7, 11) is 0. The van der Waals surface area contributed by atoms with Gasteiger partial charge in [0, 0.05) is 0 Å². The Bertz CT molecular complexity index is 436. The number of carbonyl (C=O) groups excluding carboxylic acids is 1. The molecule has 0 unspecified atom stereocenters. The molecule has 1 aromatic rings. The Labute approximate surface area is 102 Å². The van der Waals surface area contributed by atoms with Crippen molar-refractivity contribution in [3.8, 4) is 0 Å². The van der Waals surface area contributed by atoms with E-state index < -0.39 is 0 Å². The summed E-state index contributed by atoms with van der Waals surface area (Å²) >= 11 is 0. The molecule has 0 saturated carbocycles. The standard InChI is InChI=1S/C16H16O/c1-15(9-5-2-3-8-14-17)12-13-16-10-6-4-7-11-16/h2-8,10-14H,1,9H2/b5-2+,8-3-,13-12+. The molecule has 0 aliphatic carbocycles. The summed E-state index contributed by atoms with van der Waals surface area (Å²) in [5.74, 6) is 0. The maximum Gasteiger partial charge on any atom is 0.142 e. The quantitative estimate of drug-likeness (QED) is 0.406. The smallest absolute Gasteiger partial charge is 0.142 e. The molecule has 17 heavy (non-hydrogen) atoms. The third-order valence-electron chi connectivity index (χ3n) is 2.13. The van der Waals surface area contributed by atoms with Crippen LogP contribution in [0.25, 0.3) is 6.08 Å². The molecule has 1 aromatic carbocycles. The van der Waals surface area contributed by atoms with Crippen LogP contribution in [0, 0.1) is 0 Å². The fourth-order valence-electron chi connectivity index (χ4n) is 1.25. The van der Waals surface area contributed by atoms with Crippen molar-refractivity contribution in [2.45, 2.75) is 6.42 Å². The Morgan fingerprint density at radius 3 is 2.59 bits per heavy atom. The van der Waals surface area contributed by atoms with Gasteiger partial charge < -0.3 is 0 Å². The molecule has 0 saturated heterocycles. The van der Waals surface area contributed by atoms with Crippen molar-refractivity contribution >= 4 is 12.4 Å². The van der Waals surface area contributed by atoms with E-state index in [9.17, 15) is 4.79 Å². The summed E-state index contributed by atoms with van der Waals surface area (Å²) in [6, 6.07) is 10.1. The van der Waals surface area contributed by atoms with Crippen LogP contribution < -0.4 is 0 Å². The minimum Gasteiger partial charge on any atom is -0.299 e. The zero-order chi connectivity index (χ0) is 12.3. The molecule has 0 radical (unpaired) electrons. The van der Waals surface area contributed by atoms with Gasteiger partial charge in [0.15, 0.2) is 0 Å². The third-order valence-corrected chi connectivity index (χ3v) is 2.13. The van der Waals surface area contributed by atoms with E-state index in [1.54, 1.807) is 6.08 Å². The largest absolute Gasteiger partial charge is 0.299 e. The van der Waals surface area contributed by atoms with Gasteiger partial charge in [0.2, 0.25) is 0 Å². The van der Waals surface area contributed by atoms with Crippen molar-refractivity contribution in [3.05, 3.63) is 78.4 Å². The summed E-state index contributed by atoms with van der Waals surface area (Å²) in [4.78, 5) is 10.0. The molecule has 1 heteroatoms. The van der Waals surface area contributed by atoms with E-state index in [4.69, 9.17) is 0 Å². The molecule has 0 atom stereocenters. The van der Waals surface area contributed by atoms with Crippen molar-refractivity contribution in [1.82, 2.24) is 0 Å². The minimum absolute atomic E-state index is 0.758. The van der Waals surface area contributed by atoms with Gasteiger partial charge in [0.25, 0.3) is 0 Å². The molecule has 0 aromatic heterocycles. The second-order valence-electron chi connectivity index (χ2n) is 3.56. The summed E-state index contributed by atoms with van der Waals surface area (Å²) in [6.07, 6.45) is 12.6. The monoisotopic (exact) mass is 224 g/mol. The van der Waals surface area contributed by atoms with Gasteiger partial charge in [-0.3, -0.25) is 4.79 Å². The van der Waals surface area contributed by atoms with Crippen molar-refractivity contribution in [2.75, 3.05) is 0 Å². The lowest BCUT2D eigenvalue weighted by atomic mass is 10.1. The van der Waals surface area contributed by atoms with Gasteiger partial charge in [-0.2, -0.15) is 0 Å². The van der Waals surface area contributed by atoms with Gasteiger partial charge in [-0.05, 0) is 18.1 Å². The molecule has 0 bridgehead atoms. The topological polar surface area (TPSA) is 17.1 Å². The molecule has 0 fully saturated rings. The van der Waals surface area contributed by atoms with E-state index in [1.807, 2.05) is 54.6 Å². The number of rotatable bonds is 6. The van der Waals surface area contributed by atoms with Crippen molar-refractivity contribution in [1.29, 1.82) is 0 Å². The maximum atomic E-state index is 10.0. The molecule has 0 aliphatic rings. The van der Waals surface area contributed by atoms with Crippen LogP contribution in [-0.2, 0) is 4.79 Å². The summed E-state index contributed by atoms with van der Waals surface area (Å²) < 4.78 is 0. The number of carbonyl (C=O) groups is 1. The van der Waals surface area contributed by atoms with E-state index in [1.165, 1.54) is 11.6 Å². The zero-order valence-electron chi connectivity index (χ0n) is 9.75. The van der Waals surface area contributed by atoms with Gasteiger partial charge in [0.05, 0.1) is 0 Å². The van der Waals surface area contributed by atoms with E-state index in [-0.39, 0.29) is 0 Å². The van der Waals surface area contributed by atoms with Gasteiger partial charge in [0.1, 0.15) is 6.29 Å². The van der Waals surface area contributed by atoms with Crippen LogP contribution in [-0.4, -0.2) is 6.29 Å². The second kappa shape index (κ2) is 8.05. The molecule has 1 nitrogen and oxygen atoms in total. The number of aldehydes is 1. The minimum atomic E-state index is 0.758. The molecule has 86 valence electrons. The van der Waals surface area contributed by atoms with E-state index in [0.717, 1.165) is 18.3 Å². The van der Waals surface area contributed by atoms with E-state index >= 15 is 0 Å². The molecule has 0 aliphatic heterocycles. The molecule has 0 spiro atoms. The first kappa shape index (κ1) is 12.9. The molecule has 0 N–H and O–H groups in total. The first-order valence-corrected chi connectivity index (χ1v) is 5.51. The van der Waals surface area contributed by atoms with E-state index in [0.29, 0.717) is 0 Å². The fourth-order valence-corrected chi connectivity index (χ4v) is 1.25. The maximum absolute atomic E-state index is 10.0. The molecule has 0 amide bonds. The van der Waals surface area contributed by atoms with Crippen LogP contribution >= 0.6 is 0 Å². The Balaban J connectivity index is 2.40. The highest BCUT2D eigenvalue weighted by Crippen LogP contribution is 2.06. The number of allylic oxidation sites excluding steroid dienone is 6. The summed E-state index contributed by atoms with van der Waals surface area (Å²) in [6.45, 7) is 3.96. The van der Waals surface area contributed by atoms with Gasteiger partial charge in [-0.25, -0.2) is 0 Å². The molecular weight excluding hydrogens is 208 g/mol. The highest BCUT2D eigenvalue weighted by atomic mass is 16.1. The number of benzene rings is 1. The van der Waals surface area contributed by atoms with Crippen LogP contribution in [0.4, 0.5) is 0 Å². The Hall–Kier alpha value is -2.15. The third kappa shape index (κ3) is 6.10. The second-order valence-corrected chi connectivity index (χ2v) is 3.56. The van der Waals surface area contributed by atoms with Crippen LogP contribution in [0.3, 0.4) is 0 Å². The predicted octanol–water partition coefficient (Wildman–Crippen LogP) is 3.96.